The summed E-state index contributed by atoms with van der Waals surface area (Å²) >= 11 is 0. The summed E-state index contributed by atoms with van der Waals surface area (Å²) in [4.78, 5) is 6.93. The molecule has 0 amide bonds. The number of alkyl halides is 3. The predicted molar refractivity (Wildman–Crippen MR) is 66.5 cm³/mol. The highest BCUT2D eigenvalue weighted by molar-refractivity contribution is 5.81. The fourth-order valence-electron chi connectivity index (χ4n) is 2.04. The van der Waals surface area contributed by atoms with Crippen molar-refractivity contribution in [3.8, 4) is 11.1 Å². The van der Waals surface area contributed by atoms with Gasteiger partial charge in [-0.1, -0.05) is 12.1 Å². The Kier molecular flexibility index (Phi) is 2.74. The molecular formula is C14H8F4N2. The van der Waals surface area contributed by atoms with Crippen LogP contribution in [0.5, 0.6) is 0 Å². The molecule has 20 heavy (non-hydrogen) atoms. The maximum atomic E-state index is 13.5. The van der Waals surface area contributed by atoms with Crippen molar-refractivity contribution in [2.75, 3.05) is 0 Å². The number of imidazole rings is 1. The van der Waals surface area contributed by atoms with Gasteiger partial charge in [0.1, 0.15) is 5.82 Å². The third-order valence-electron chi connectivity index (χ3n) is 3.03. The number of halogens is 4. The fraction of sp³-hybridized carbons (Fsp3) is 0.0714. The zero-order valence-corrected chi connectivity index (χ0v) is 10.0. The van der Waals surface area contributed by atoms with Gasteiger partial charge < -0.3 is 4.98 Å². The number of hydrogen-bond donors (Lipinski definition) is 1. The Bertz CT molecular complexity index is 774. The van der Waals surface area contributed by atoms with Crippen molar-refractivity contribution in [2.45, 2.75) is 6.18 Å². The van der Waals surface area contributed by atoms with E-state index in [4.69, 9.17) is 0 Å². The molecule has 1 N–H and O–H groups in total. The molecule has 0 aliphatic carbocycles. The van der Waals surface area contributed by atoms with Crippen molar-refractivity contribution in [2.24, 2.45) is 0 Å². The lowest BCUT2D eigenvalue weighted by Crippen LogP contribution is -2.07. The second-order valence-electron chi connectivity index (χ2n) is 4.33. The molecule has 0 spiro atoms. The Hall–Kier alpha value is -2.37. The van der Waals surface area contributed by atoms with Crippen LogP contribution in [0.15, 0.2) is 42.7 Å². The standard InChI is InChI=1S/C14H8F4N2/c15-11-5-8(1-3-10(11)14(16,17)18)9-2-4-12-13(6-9)20-7-19-12/h1-7H,(H,19,20). The first kappa shape index (κ1) is 12.7. The summed E-state index contributed by atoms with van der Waals surface area (Å²) in [6.45, 7) is 0. The van der Waals surface area contributed by atoms with Crippen molar-refractivity contribution in [1.29, 1.82) is 0 Å². The quantitative estimate of drug-likeness (QED) is 0.658. The molecule has 6 heteroatoms. The molecule has 0 aliphatic rings. The van der Waals surface area contributed by atoms with Crippen LogP contribution in [-0.2, 0) is 6.18 Å². The highest BCUT2D eigenvalue weighted by Gasteiger charge is 2.33. The van der Waals surface area contributed by atoms with Crippen molar-refractivity contribution >= 4 is 11.0 Å². The first-order valence-electron chi connectivity index (χ1n) is 5.75. The SMILES string of the molecule is Fc1cc(-c2ccc3nc[nH]c3c2)ccc1C(F)(F)F. The molecule has 1 aromatic heterocycles. The van der Waals surface area contributed by atoms with E-state index in [9.17, 15) is 17.6 Å². The molecule has 3 aromatic rings. The van der Waals surface area contributed by atoms with Crippen LogP contribution in [0.25, 0.3) is 22.2 Å². The predicted octanol–water partition coefficient (Wildman–Crippen LogP) is 4.39. The third kappa shape index (κ3) is 2.13. The second-order valence-corrected chi connectivity index (χ2v) is 4.33. The van der Waals surface area contributed by atoms with Gasteiger partial charge in [-0.25, -0.2) is 9.37 Å². The van der Waals surface area contributed by atoms with Gasteiger partial charge in [-0.05, 0) is 35.4 Å². The van der Waals surface area contributed by atoms with Gasteiger partial charge in [0.15, 0.2) is 0 Å². The van der Waals surface area contributed by atoms with Gasteiger partial charge in [-0.15, -0.1) is 0 Å². The number of H-pyrrole nitrogens is 1. The highest BCUT2D eigenvalue weighted by atomic mass is 19.4. The third-order valence-corrected chi connectivity index (χ3v) is 3.03. The zero-order valence-electron chi connectivity index (χ0n) is 10.0. The van der Waals surface area contributed by atoms with Gasteiger partial charge in [0.25, 0.3) is 0 Å². The first-order chi connectivity index (χ1) is 9.45. The molecule has 102 valence electrons. The summed E-state index contributed by atoms with van der Waals surface area (Å²) in [6.07, 6.45) is -3.17. The Labute approximate surface area is 111 Å². The van der Waals surface area contributed by atoms with Crippen LogP contribution in [0.2, 0.25) is 0 Å². The van der Waals surface area contributed by atoms with E-state index in [0.29, 0.717) is 11.1 Å². The summed E-state index contributed by atoms with van der Waals surface area (Å²) in [5.41, 5.74) is 1.22. The van der Waals surface area contributed by atoms with Crippen LogP contribution in [0.1, 0.15) is 5.56 Å². The van der Waals surface area contributed by atoms with Crippen LogP contribution >= 0.6 is 0 Å². The summed E-state index contributed by atoms with van der Waals surface area (Å²) in [7, 11) is 0. The Balaban J connectivity index is 2.08. The summed E-state index contributed by atoms with van der Waals surface area (Å²) in [5, 5.41) is 0. The average molecular weight is 280 g/mol. The molecule has 2 aromatic carbocycles. The van der Waals surface area contributed by atoms with Crippen molar-refractivity contribution < 1.29 is 17.6 Å². The van der Waals surface area contributed by atoms with Crippen LogP contribution in [0, 0.1) is 5.82 Å². The number of fused-ring (bicyclic) bond motifs is 1. The number of hydrogen-bond acceptors (Lipinski definition) is 1. The molecule has 0 fully saturated rings. The maximum absolute atomic E-state index is 13.5. The molecule has 1 heterocycles. The number of rotatable bonds is 1. The van der Waals surface area contributed by atoms with Crippen LogP contribution in [0.4, 0.5) is 17.6 Å². The molecule has 3 rings (SSSR count). The monoisotopic (exact) mass is 280 g/mol. The molecule has 0 atom stereocenters. The molecule has 0 aliphatic heterocycles. The van der Waals surface area contributed by atoms with Gasteiger partial charge in [0, 0.05) is 0 Å². The Morgan fingerprint density at radius 3 is 2.35 bits per heavy atom. The minimum absolute atomic E-state index is 0.381. The number of nitrogens with zero attached hydrogens (tertiary/aromatic N) is 1. The van der Waals surface area contributed by atoms with E-state index in [1.165, 1.54) is 12.4 Å². The van der Waals surface area contributed by atoms with E-state index >= 15 is 0 Å². The average Bonchev–Trinajstić information content (AvgIpc) is 2.84. The van der Waals surface area contributed by atoms with Crippen molar-refractivity contribution in [1.82, 2.24) is 9.97 Å². The van der Waals surface area contributed by atoms with Crippen LogP contribution in [0.3, 0.4) is 0 Å². The number of nitrogens with one attached hydrogen (secondary N) is 1. The van der Waals surface area contributed by atoms with Gasteiger partial charge in [0.05, 0.1) is 22.9 Å². The molecule has 0 radical (unpaired) electrons. The molecule has 0 saturated carbocycles. The number of aromatic amines is 1. The lowest BCUT2D eigenvalue weighted by molar-refractivity contribution is -0.139. The van der Waals surface area contributed by atoms with E-state index in [-0.39, 0.29) is 0 Å². The smallest absolute Gasteiger partial charge is 0.345 e. The molecule has 0 unspecified atom stereocenters. The van der Waals surface area contributed by atoms with Crippen LogP contribution < -0.4 is 0 Å². The second kappa shape index (κ2) is 4.33. The van der Waals surface area contributed by atoms with Gasteiger partial charge in [0.2, 0.25) is 0 Å². The lowest BCUT2D eigenvalue weighted by atomic mass is 10.0. The fourth-order valence-corrected chi connectivity index (χ4v) is 2.04. The normalized spacial score (nSPS) is 12.0. The summed E-state index contributed by atoms with van der Waals surface area (Å²) in [5.74, 6) is -1.28. The zero-order chi connectivity index (χ0) is 14.3. The number of benzene rings is 2. The topological polar surface area (TPSA) is 28.7 Å². The van der Waals surface area contributed by atoms with Crippen molar-refractivity contribution in [3.05, 3.63) is 54.1 Å². The van der Waals surface area contributed by atoms with E-state index in [1.807, 2.05) is 0 Å². The van der Waals surface area contributed by atoms with E-state index in [1.54, 1.807) is 18.2 Å². The molecule has 0 saturated heterocycles. The Morgan fingerprint density at radius 1 is 0.950 bits per heavy atom. The summed E-state index contributed by atoms with van der Waals surface area (Å²) in [6, 6.07) is 8.01. The van der Waals surface area contributed by atoms with Gasteiger partial charge >= 0.3 is 6.18 Å². The minimum Gasteiger partial charge on any atom is -0.345 e. The van der Waals surface area contributed by atoms with E-state index in [2.05, 4.69) is 9.97 Å². The highest BCUT2D eigenvalue weighted by Crippen LogP contribution is 2.33. The minimum atomic E-state index is -4.68. The Morgan fingerprint density at radius 2 is 1.65 bits per heavy atom. The van der Waals surface area contributed by atoms with Crippen molar-refractivity contribution in [3.63, 3.8) is 0 Å². The molecule has 2 nitrogen and oxygen atoms in total. The number of aromatic nitrogens is 2. The van der Waals surface area contributed by atoms with E-state index in [0.717, 1.165) is 23.2 Å². The maximum Gasteiger partial charge on any atom is 0.419 e. The van der Waals surface area contributed by atoms with E-state index < -0.39 is 17.6 Å². The van der Waals surface area contributed by atoms with Gasteiger partial charge in [-0.3, -0.25) is 0 Å². The lowest BCUT2D eigenvalue weighted by Gasteiger charge is -2.09. The summed E-state index contributed by atoms with van der Waals surface area (Å²) < 4.78 is 51.0. The van der Waals surface area contributed by atoms with Crippen LogP contribution in [-0.4, -0.2) is 9.97 Å². The van der Waals surface area contributed by atoms with Gasteiger partial charge in [-0.2, -0.15) is 13.2 Å². The molecule has 0 bridgehead atoms. The largest absolute Gasteiger partial charge is 0.419 e. The molecular weight excluding hydrogens is 272 g/mol. The first-order valence-corrected chi connectivity index (χ1v) is 5.75.